The fourth-order valence-electron chi connectivity index (χ4n) is 4.49. The summed E-state index contributed by atoms with van der Waals surface area (Å²) in [5.41, 5.74) is 4.67. The molecule has 0 spiro atoms. The number of nitrogens with one attached hydrogen (secondary N) is 1. The Morgan fingerprint density at radius 3 is 2.39 bits per heavy atom. The van der Waals surface area contributed by atoms with Gasteiger partial charge in [0.2, 0.25) is 11.8 Å². The van der Waals surface area contributed by atoms with Gasteiger partial charge in [-0.3, -0.25) is 9.59 Å². The highest BCUT2D eigenvalue weighted by atomic mass is 32.2. The Kier molecular flexibility index (Phi) is 9.86. The Hall–Kier alpha value is -2.27. The highest BCUT2D eigenvalue weighted by molar-refractivity contribution is 7.99. The number of carbonyl (C=O) groups is 2. The molecular weight excluding hydrogens is 428 g/mol. The van der Waals surface area contributed by atoms with Crippen molar-refractivity contribution in [3.8, 4) is 0 Å². The van der Waals surface area contributed by atoms with Crippen LogP contribution in [0.1, 0.15) is 67.7 Å². The van der Waals surface area contributed by atoms with E-state index in [1.807, 2.05) is 19.1 Å². The van der Waals surface area contributed by atoms with Crippen LogP contribution in [0.2, 0.25) is 0 Å². The minimum absolute atomic E-state index is 0.00561. The van der Waals surface area contributed by atoms with Gasteiger partial charge in [-0.2, -0.15) is 0 Å². The van der Waals surface area contributed by atoms with Gasteiger partial charge in [0, 0.05) is 18.3 Å². The SMILES string of the molecule is CCC(C(=O)NC1CCCCC1)N(Cc1cccc(C)c1)C(=O)CSCc1ccc(C)cc1. The minimum atomic E-state index is -0.445. The molecule has 33 heavy (non-hydrogen) atoms. The van der Waals surface area contributed by atoms with Crippen LogP contribution in [-0.4, -0.2) is 34.6 Å². The van der Waals surface area contributed by atoms with E-state index >= 15 is 0 Å². The maximum absolute atomic E-state index is 13.4. The quantitative estimate of drug-likeness (QED) is 0.482. The summed E-state index contributed by atoms with van der Waals surface area (Å²) in [6.45, 7) is 6.59. The fourth-order valence-corrected chi connectivity index (χ4v) is 5.37. The van der Waals surface area contributed by atoms with Gasteiger partial charge in [-0.25, -0.2) is 0 Å². The number of hydrogen-bond acceptors (Lipinski definition) is 3. The minimum Gasteiger partial charge on any atom is -0.352 e. The molecule has 178 valence electrons. The lowest BCUT2D eigenvalue weighted by Gasteiger charge is -2.33. The van der Waals surface area contributed by atoms with E-state index in [0.717, 1.165) is 29.7 Å². The smallest absolute Gasteiger partial charge is 0.243 e. The van der Waals surface area contributed by atoms with Crippen molar-refractivity contribution in [1.29, 1.82) is 0 Å². The molecule has 4 nitrogen and oxygen atoms in total. The van der Waals surface area contributed by atoms with Crippen LogP contribution >= 0.6 is 11.8 Å². The second-order valence-electron chi connectivity index (χ2n) is 9.26. The van der Waals surface area contributed by atoms with Crippen molar-refractivity contribution < 1.29 is 9.59 Å². The second-order valence-corrected chi connectivity index (χ2v) is 10.2. The van der Waals surface area contributed by atoms with Crippen LogP contribution in [0.25, 0.3) is 0 Å². The lowest BCUT2D eigenvalue weighted by Crippen LogP contribution is -2.52. The van der Waals surface area contributed by atoms with Gasteiger partial charge in [-0.05, 0) is 44.2 Å². The third-order valence-electron chi connectivity index (χ3n) is 6.39. The van der Waals surface area contributed by atoms with Crippen molar-refractivity contribution in [2.75, 3.05) is 5.75 Å². The van der Waals surface area contributed by atoms with Crippen LogP contribution in [0.4, 0.5) is 0 Å². The lowest BCUT2D eigenvalue weighted by atomic mass is 9.95. The summed E-state index contributed by atoms with van der Waals surface area (Å²) in [6, 6.07) is 16.4. The summed E-state index contributed by atoms with van der Waals surface area (Å²) in [4.78, 5) is 28.5. The molecule has 3 rings (SSSR count). The lowest BCUT2D eigenvalue weighted by molar-refractivity contribution is -0.139. The van der Waals surface area contributed by atoms with Gasteiger partial charge in [0.15, 0.2) is 0 Å². The summed E-state index contributed by atoms with van der Waals surface area (Å²) in [6.07, 6.45) is 6.28. The van der Waals surface area contributed by atoms with E-state index in [1.54, 1.807) is 16.7 Å². The number of benzene rings is 2. The summed E-state index contributed by atoms with van der Waals surface area (Å²) >= 11 is 1.61. The molecule has 0 radical (unpaired) electrons. The van der Waals surface area contributed by atoms with Gasteiger partial charge >= 0.3 is 0 Å². The zero-order valence-electron chi connectivity index (χ0n) is 20.3. The Morgan fingerprint density at radius 2 is 1.73 bits per heavy atom. The first-order chi connectivity index (χ1) is 16.0. The predicted molar refractivity (Wildman–Crippen MR) is 138 cm³/mol. The van der Waals surface area contributed by atoms with Crippen LogP contribution in [0, 0.1) is 13.8 Å². The molecule has 1 atom stereocenters. The van der Waals surface area contributed by atoms with Crippen molar-refractivity contribution in [1.82, 2.24) is 10.2 Å². The first-order valence-electron chi connectivity index (χ1n) is 12.2. The monoisotopic (exact) mass is 466 g/mol. The topological polar surface area (TPSA) is 49.4 Å². The molecule has 1 N–H and O–H groups in total. The van der Waals surface area contributed by atoms with Crippen molar-refractivity contribution in [3.05, 3.63) is 70.8 Å². The first kappa shape index (κ1) is 25.4. The Labute approximate surface area is 203 Å². The molecule has 0 aliphatic heterocycles. The van der Waals surface area contributed by atoms with Crippen LogP contribution < -0.4 is 5.32 Å². The number of carbonyl (C=O) groups excluding carboxylic acids is 2. The highest BCUT2D eigenvalue weighted by Crippen LogP contribution is 2.20. The number of amides is 2. The molecule has 2 aromatic rings. The summed E-state index contributed by atoms with van der Waals surface area (Å²) in [5.74, 6) is 1.18. The third kappa shape index (κ3) is 7.92. The van der Waals surface area contributed by atoms with Crippen molar-refractivity contribution in [2.45, 2.75) is 83.7 Å². The molecule has 1 fully saturated rings. The highest BCUT2D eigenvalue weighted by Gasteiger charge is 2.30. The zero-order valence-corrected chi connectivity index (χ0v) is 21.1. The van der Waals surface area contributed by atoms with Gasteiger partial charge in [-0.15, -0.1) is 11.8 Å². The number of hydrogen-bond donors (Lipinski definition) is 1. The van der Waals surface area contributed by atoms with Crippen molar-refractivity contribution in [3.63, 3.8) is 0 Å². The maximum atomic E-state index is 13.4. The van der Waals surface area contributed by atoms with E-state index in [0.29, 0.717) is 18.7 Å². The van der Waals surface area contributed by atoms with E-state index in [9.17, 15) is 9.59 Å². The Bertz CT molecular complexity index is 906. The Morgan fingerprint density at radius 1 is 1.00 bits per heavy atom. The van der Waals surface area contributed by atoms with Crippen molar-refractivity contribution in [2.24, 2.45) is 0 Å². The number of aryl methyl sites for hydroxylation is 2. The number of thioether (sulfide) groups is 1. The first-order valence-corrected chi connectivity index (χ1v) is 13.4. The largest absolute Gasteiger partial charge is 0.352 e. The second kappa shape index (κ2) is 12.8. The van der Waals surface area contributed by atoms with Crippen LogP contribution in [0.3, 0.4) is 0 Å². The summed E-state index contributed by atoms with van der Waals surface area (Å²) in [5, 5.41) is 3.25. The van der Waals surface area contributed by atoms with Crippen LogP contribution in [0.5, 0.6) is 0 Å². The average Bonchev–Trinajstić information content (AvgIpc) is 2.81. The fraction of sp³-hybridized carbons (Fsp3) is 0.500. The molecule has 1 aliphatic carbocycles. The molecule has 2 amide bonds. The molecule has 0 bridgehead atoms. The summed E-state index contributed by atoms with van der Waals surface area (Å²) < 4.78 is 0. The molecule has 1 saturated carbocycles. The summed E-state index contributed by atoms with van der Waals surface area (Å²) in [7, 11) is 0. The standard InChI is InChI=1S/C28H38N2O2S/c1-4-26(28(32)29-25-11-6-5-7-12-25)30(18-24-10-8-9-22(3)17-24)27(31)20-33-19-23-15-13-21(2)14-16-23/h8-10,13-17,25-26H,4-7,11-12,18-20H2,1-3H3,(H,29,32). The molecule has 1 aliphatic rings. The van der Waals surface area contributed by atoms with E-state index < -0.39 is 6.04 Å². The van der Waals surface area contributed by atoms with Gasteiger partial charge in [0.25, 0.3) is 0 Å². The van der Waals surface area contributed by atoms with Gasteiger partial charge < -0.3 is 10.2 Å². The van der Waals surface area contributed by atoms with Crippen LogP contribution in [0.15, 0.2) is 48.5 Å². The molecule has 2 aromatic carbocycles. The van der Waals surface area contributed by atoms with Gasteiger partial charge in [0.1, 0.15) is 6.04 Å². The molecule has 0 heterocycles. The molecule has 0 aromatic heterocycles. The van der Waals surface area contributed by atoms with E-state index in [4.69, 9.17) is 0 Å². The van der Waals surface area contributed by atoms with E-state index in [-0.39, 0.29) is 17.9 Å². The molecular formula is C28H38N2O2S. The molecule has 0 saturated heterocycles. The zero-order chi connectivity index (χ0) is 23.6. The van der Waals surface area contributed by atoms with Gasteiger partial charge in [-0.1, -0.05) is 85.8 Å². The molecule has 5 heteroatoms. The molecule has 1 unspecified atom stereocenters. The Balaban J connectivity index is 1.69. The maximum Gasteiger partial charge on any atom is 0.243 e. The average molecular weight is 467 g/mol. The normalized spacial score (nSPS) is 15.1. The predicted octanol–water partition coefficient (Wildman–Crippen LogP) is 5.79. The number of rotatable bonds is 10. The van der Waals surface area contributed by atoms with E-state index in [2.05, 4.69) is 55.6 Å². The number of nitrogens with zero attached hydrogens (tertiary/aromatic N) is 1. The van der Waals surface area contributed by atoms with Crippen LogP contribution in [-0.2, 0) is 21.9 Å². The third-order valence-corrected chi connectivity index (χ3v) is 7.38. The van der Waals surface area contributed by atoms with Crippen molar-refractivity contribution >= 4 is 23.6 Å². The van der Waals surface area contributed by atoms with E-state index in [1.165, 1.54) is 30.4 Å². The van der Waals surface area contributed by atoms with Gasteiger partial charge in [0.05, 0.1) is 5.75 Å².